The van der Waals surface area contributed by atoms with Crippen molar-refractivity contribution in [3.8, 4) is 0 Å². The van der Waals surface area contributed by atoms with Crippen LogP contribution in [0.4, 0.5) is 5.88 Å². The van der Waals surface area contributed by atoms with E-state index in [-0.39, 0.29) is 24.2 Å². The minimum absolute atomic E-state index is 0.00208. The lowest BCUT2D eigenvalue weighted by Crippen LogP contribution is -2.27. The maximum atomic E-state index is 12.2. The Balaban J connectivity index is 1.60. The van der Waals surface area contributed by atoms with Crippen LogP contribution in [-0.4, -0.2) is 28.4 Å². The number of hydrogen-bond acceptors (Lipinski definition) is 4. The number of likely N-dealkylation sites (tertiary alicyclic amines) is 1. The van der Waals surface area contributed by atoms with Gasteiger partial charge in [-0.3, -0.25) is 14.9 Å². The highest BCUT2D eigenvalue weighted by molar-refractivity contribution is 5.96. The molecule has 0 radical (unpaired) electrons. The third-order valence-corrected chi connectivity index (χ3v) is 3.68. The molecule has 1 unspecified atom stereocenters. The van der Waals surface area contributed by atoms with E-state index in [0.717, 1.165) is 5.56 Å². The van der Waals surface area contributed by atoms with Gasteiger partial charge < -0.3 is 9.42 Å². The minimum Gasteiger partial charge on any atom is -0.338 e. The van der Waals surface area contributed by atoms with Crippen molar-refractivity contribution >= 4 is 17.7 Å². The number of amides is 2. The van der Waals surface area contributed by atoms with Crippen LogP contribution < -0.4 is 5.32 Å². The Kier molecular flexibility index (Phi) is 3.91. The number of nitrogens with zero attached hydrogens (tertiary/aromatic N) is 2. The van der Waals surface area contributed by atoms with E-state index >= 15 is 0 Å². The van der Waals surface area contributed by atoms with Gasteiger partial charge in [-0.15, -0.1) is 0 Å². The summed E-state index contributed by atoms with van der Waals surface area (Å²) in [7, 11) is 0. The molecule has 22 heavy (non-hydrogen) atoms. The molecule has 6 heteroatoms. The summed E-state index contributed by atoms with van der Waals surface area (Å²) in [6.45, 7) is 2.73. The van der Waals surface area contributed by atoms with Gasteiger partial charge >= 0.3 is 0 Å². The number of nitrogens with one attached hydrogen (secondary N) is 1. The van der Waals surface area contributed by atoms with E-state index < -0.39 is 0 Å². The predicted octanol–water partition coefficient (Wildman–Crippen LogP) is 1.97. The smallest absolute Gasteiger partial charge is 0.232 e. The van der Waals surface area contributed by atoms with Gasteiger partial charge in [0.25, 0.3) is 0 Å². The summed E-state index contributed by atoms with van der Waals surface area (Å²) in [6, 6.07) is 11.4. The fraction of sp³-hybridized carbons (Fsp3) is 0.312. The first-order valence-corrected chi connectivity index (χ1v) is 7.17. The van der Waals surface area contributed by atoms with Crippen LogP contribution in [0.15, 0.2) is 40.9 Å². The van der Waals surface area contributed by atoms with E-state index in [1.54, 1.807) is 17.9 Å². The molecule has 1 aliphatic heterocycles. The molecule has 0 spiro atoms. The molecular formula is C16H17N3O3. The SMILES string of the molecule is Cc1cc(NC(=O)C2CC(=O)N(Cc3ccccc3)C2)on1. The summed E-state index contributed by atoms with van der Waals surface area (Å²) >= 11 is 0. The Morgan fingerprint density at radius 2 is 2.18 bits per heavy atom. The van der Waals surface area contributed by atoms with E-state index in [1.165, 1.54) is 0 Å². The molecule has 1 atom stereocenters. The van der Waals surface area contributed by atoms with Crippen LogP contribution in [0, 0.1) is 12.8 Å². The Bertz CT molecular complexity index is 681. The Morgan fingerprint density at radius 3 is 2.86 bits per heavy atom. The van der Waals surface area contributed by atoms with Crippen molar-refractivity contribution in [2.24, 2.45) is 5.92 Å². The van der Waals surface area contributed by atoms with Crippen molar-refractivity contribution < 1.29 is 14.1 Å². The average Bonchev–Trinajstić information content (AvgIpc) is 3.07. The molecule has 1 aromatic heterocycles. The van der Waals surface area contributed by atoms with E-state index in [0.29, 0.717) is 24.7 Å². The second-order valence-corrected chi connectivity index (χ2v) is 5.48. The second kappa shape index (κ2) is 6.01. The van der Waals surface area contributed by atoms with Gasteiger partial charge in [0.2, 0.25) is 17.7 Å². The highest BCUT2D eigenvalue weighted by atomic mass is 16.5. The molecule has 6 nitrogen and oxygen atoms in total. The van der Waals surface area contributed by atoms with E-state index in [9.17, 15) is 9.59 Å². The van der Waals surface area contributed by atoms with Crippen molar-refractivity contribution in [2.45, 2.75) is 19.9 Å². The van der Waals surface area contributed by atoms with Crippen LogP contribution in [0.2, 0.25) is 0 Å². The topological polar surface area (TPSA) is 75.4 Å². The summed E-state index contributed by atoms with van der Waals surface area (Å²) in [5.74, 6) is -0.254. The number of carbonyl (C=O) groups is 2. The van der Waals surface area contributed by atoms with Crippen LogP contribution in [0.25, 0.3) is 0 Å². The Labute approximate surface area is 128 Å². The number of hydrogen-bond donors (Lipinski definition) is 1. The molecule has 2 aromatic rings. The van der Waals surface area contributed by atoms with Crippen molar-refractivity contribution in [1.82, 2.24) is 10.1 Å². The van der Waals surface area contributed by atoms with Crippen molar-refractivity contribution in [3.63, 3.8) is 0 Å². The predicted molar refractivity (Wildman–Crippen MR) is 79.8 cm³/mol. The number of aromatic nitrogens is 1. The Hall–Kier alpha value is -2.63. The lowest BCUT2D eigenvalue weighted by atomic mass is 10.1. The standard InChI is InChI=1S/C16H17N3O3/c1-11-7-14(22-18-11)17-16(21)13-8-15(20)19(10-13)9-12-5-3-2-4-6-12/h2-7,13H,8-10H2,1H3,(H,17,21). The van der Waals surface area contributed by atoms with Crippen molar-refractivity contribution in [1.29, 1.82) is 0 Å². The first-order chi connectivity index (χ1) is 10.6. The third kappa shape index (κ3) is 3.16. The van der Waals surface area contributed by atoms with Gasteiger partial charge in [0.05, 0.1) is 11.6 Å². The molecule has 114 valence electrons. The van der Waals surface area contributed by atoms with Crippen molar-refractivity contribution in [2.75, 3.05) is 11.9 Å². The highest BCUT2D eigenvalue weighted by Crippen LogP contribution is 2.22. The lowest BCUT2D eigenvalue weighted by Gasteiger charge is -2.16. The molecule has 1 fully saturated rings. The summed E-state index contributed by atoms with van der Waals surface area (Å²) in [6.07, 6.45) is 0.228. The maximum Gasteiger partial charge on any atom is 0.232 e. The second-order valence-electron chi connectivity index (χ2n) is 5.48. The third-order valence-electron chi connectivity index (χ3n) is 3.68. The largest absolute Gasteiger partial charge is 0.338 e. The average molecular weight is 299 g/mol. The monoisotopic (exact) mass is 299 g/mol. The number of anilines is 1. The minimum atomic E-state index is -0.360. The number of rotatable bonds is 4. The molecule has 3 rings (SSSR count). The Morgan fingerprint density at radius 1 is 1.41 bits per heavy atom. The molecule has 1 aromatic carbocycles. The van der Waals surface area contributed by atoms with Gasteiger partial charge in [-0.25, -0.2) is 0 Å². The summed E-state index contributed by atoms with van der Waals surface area (Å²) in [4.78, 5) is 26.0. The van der Waals surface area contributed by atoms with Gasteiger partial charge in [-0.05, 0) is 12.5 Å². The molecular weight excluding hydrogens is 282 g/mol. The molecule has 2 amide bonds. The van der Waals surface area contributed by atoms with Crippen LogP contribution >= 0.6 is 0 Å². The summed E-state index contributed by atoms with van der Waals surface area (Å²) < 4.78 is 4.96. The maximum absolute atomic E-state index is 12.2. The van der Waals surface area contributed by atoms with Crippen LogP contribution in [-0.2, 0) is 16.1 Å². The molecule has 1 aliphatic rings. The summed E-state index contributed by atoms with van der Waals surface area (Å²) in [5.41, 5.74) is 1.76. The molecule has 1 saturated heterocycles. The first-order valence-electron chi connectivity index (χ1n) is 7.17. The van der Waals surface area contributed by atoms with Crippen LogP contribution in [0.3, 0.4) is 0 Å². The molecule has 0 saturated carbocycles. The quantitative estimate of drug-likeness (QED) is 0.936. The molecule has 1 N–H and O–H groups in total. The zero-order valence-corrected chi connectivity index (χ0v) is 12.3. The zero-order chi connectivity index (χ0) is 15.5. The highest BCUT2D eigenvalue weighted by Gasteiger charge is 2.34. The molecule has 0 aliphatic carbocycles. The zero-order valence-electron chi connectivity index (χ0n) is 12.3. The fourth-order valence-electron chi connectivity index (χ4n) is 2.55. The van der Waals surface area contributed by atoms with Gasteiger partial charge in [-0.1, -0.05) is 35.5 Å². The van der Waals surface area contributed by atoms with Gasteiger partial charge in [0.1, 0.15) is 0 Å². The van der Waals surface area contributed by atoms with E-state index in [2.05, 4.69) is 10.5 Å². The lowest BCUT2D eigenvalue weighted by molar-refractivity contribution is -0.128. The number of aryl methyl sites for hydroxylation is 1. The van der Waals surface area contributed by atoms with E-state index in [4.69, 9.17) is 4.52 Å². The molecule has 2 heterocycles. The van der Waals surface area contributed by atoms with Crippen LogP contribution in [0.5, 0.6) is 0 Å². The summed E-state index contributed by atoms with van der Waals surface area (Å²) in [5, 5.41) is 6.38. The molecule has 0 bridgehead atoms. The van der Waals surface area contributed by atoms with E-state index in [1.807, 2.05) is 30.3 Å². The first kappa shape index (κ1) is 14.3. The number of benzene rings is 1. The van der Waals surface area contributed by atoms with Crippen LogP contribution in [0.1, 0.15) is 17.7 Å². The van der Waals surface area contributed by atoms with Gasteiger partial charge in [0.15, 0.2) is 0 Å². The number of carbonyl (C=O) groups excluding carboxylic acids is 2. The van der Waals surface area contributed by atoms with Gasteiger partial charge in [0, 0.05) is 25.6 Å². The van der Waals surface area contributed by atoms with Gasteiger partial charge in [-0.2, -0.15) is 0 Å². The van der Waals surface area contributed by atoms with Crippen molar-refractivity contribution in [3.05, 3.63) is 47.7 Å². The fourth-order valence-corrected chi connectivity index (χ4v) is 2.55. The normalized spacial score (nSPS) is 17.8.